The zero-order valence-electron chi connectivity index (χ0n) is 18.7. The molecule has 1 aromatic heterocycles. The highest BCUT2D eigenvalue weighted by atomic mass is 127. The van der Waals surface area contributed by atoms with E-state index in [0.29, 0.717) is 16.7 Å². The third-order valence-corrected chi connectivity index (χ3v) is 5.62. The number of aromatic nitrogens is 2. The van der Waals surface area contributed by atoms with E-state index >= 15 is 0 Å². The molecular formula is C22H28IN7O3. The predicted molar refractivity (Wildman–Crippen MR) is 138 cm³/mol. The maximum absolute atomic E-state index is 10.6. The molecule has 2 aromatic carbocycles. The fourth-order valence-corrected chi connectivity index (χ4v) is 3.97. The molecule has 0 saturated heterocycles. The first-order valence-corrected chi connectivity index (χ1v) is 12.2. The van der Waals surface area contributed by atoms with Crippen molar-refractivity contribution in [3.8, 4) is 5.75 Å². The Labute approximate surface area is 206 Å². The van der Waals surface area contributed by atoms with E-state index in [2.05, 4.69) is 63.0 Å². The van der Waals surface area contributed by atoms with Crippen molar-refractivity contribution in [3.05, 3.63) is 64.0 Å². The third-order valence-electron chi connectivity index (χ3n) is 5.31. The van der Waals surface area contributed by atoms with Crippen LogP contribution in [-0.2, 0) is 13.0 Å². The van der Waals surface area contributed by atoms with Crippen molar-refractivity contribution in [3.63, 3.8) is 0 Å². The fraction of sp³-hybridized carbons (Fsp3) is 0.364. The number of likely N-dealkylation sites (N-methyl/N-ethyl adjacent to an activating group) is 1. The van der Waals surface area contributed by atoms with Gasteiger partial charge in [0, 0.05) is 19.5 Å². The van der Waals surface area contributed by atoms with Crippen LogP contribution < -0.4 is 15.9 Å². The lowest BCUT2D eigenvalue weighted by Gasteiger charge is -2.19. The Balaban J connectivity index is 1.94. The Morgan fingerprint density at radius 1 is 1.27 bits per heavy atom. The van der Waals surface area contributed by atoms with Gasteiger partial charge >= 0.3 is 0 Å². The van der Waals surface area contributed by atoms with Crippen molar-refractivity contribution >= 4 is 45.3 Å². The standard InChI is InChI=1S/C22H28IN7O3/c1-3-28(4-2)11-12-29-20-10-7-17(25-22(24)27-30(31)32)14-19(20)26-21(29)13-16-5-8-18(9-6-16)33-15-23/h5-10,14H,3-4,11-13,15H2,1-2H3,(H3,24,25,27). The molecule has 0 aliphatic carbocycles. The molecule has 3 N–H and O–H groups in total. The zero-order valence-corrected chi connectivity index (χ0v) is 20.9. The SMILES string of the molecule is CCN(CC)CCn1c(Cc2ccc(OCI)cc2)nc2cc(N=C(N)N[N+](=O)[O-])ccc21. The molecule has 1 heterocycles. The molecular weight excluding hydrogens is 537 g/mol. The van der Waals surface area contributed by atoms with Gasteiger partial charge in [-0.1, -0.05) is 31.4 Å². The van der Waals surface area contributed by atoms with Gasteiger partial charge in [-0.2, -0.15) is 0 Å². The summed E-state index contributed by atoms with van der Waals surface area (Å²) in [5.74, 6) is 1.50. The summed E-state index contributed by atoms with van der Waals surface area (Å²) in [6.07, 6.45) is 0.668. The molecule has 176 valence electrons. The molecule has 3 rings (SSSR count). The Kier molecular flexibility index (Phi) is 8.83. The number of nitrogens with two attached hydrogens (primary N) is 1. The lowest BCUT2D eigenvalue weighted by atomic mass is 10.1. The van der Waals surface area contributed by atoms with Crippen LogP contribution in [0.1, 0.15) is 25.2 Å². The monoisotopic (exact) mass is 565 g/mol. The van der Waals surface area contributed by atoms with Gasteiger partial charge in [0.15, 0.2) is 5.03 Å². The summed E-state index contributed by atoms with van der Waals surface area (Å²) < 4.78 is 8.36. The number of ether oxygens (including phenoxy) is 1. The van der Waals surface area contributed by atoms with E-state index in [-0.39, 0.29) is 5.96 Å². The molecule has 0 unspecified atom stereocenters. The first-order valence-electron chi connectivity index (χ1n) is 10.7. The number of halogens is 1. The van der Waals surface area contributed by atoms with Gasteiger partial charge in [-0.15, -0.1) is 0 Å². The van der Waals surface area contributed by atoms with Crippen LogP contribution in [0.5, 0.6) is 5.75 Å². The smallest absolute Gasteiger partial charge is 0.256 e. The van der Waals surface area contributed by atoms with E-state index in [1.165, 1.54) is 0 Å². The van der Waals surface area contributed by atoms with Crippen LogP contribution in [0, 0.1) is 10.1 Å². The van der Waals surface area contributed by atoms with Crippen molar-refractivity contribution in [2.24, 2.45) is 10.7 Å². The number of benzene rings is 2. The molecule has 0 aliphatic rings. The number of nitro groups is 1. The van der Waals surface area contributed by atoms with Crippen LogP contribution >= 0.6 is 22.6 Å². The largest absolute Gasteiger partial charge is 0.483 e. The van der Waals surface area contributed by atoms with Crippen molar-refractivity contribution < 1.29 is 9.77 Å². The number of hydrogen-bond donors (Lipinski definition) is 2. The minimum atomic E-state index is -0.742. The van der Waals surface area contributed by atoms with E-state index < -0.39 is 5.03 Å². The number of guanidine groups is 1. The summed E-state index contributed by atoms with van der Waals surface area (Å²) in [5.41, 5.74) is 10.8. The lowest BCUT2D eigenvalue weighted by molar-refractivity contribution is -0.525. The molecule has 0 fully saturated rings. The molecule has 10 nitrogen and oxygen atoms in total. The van der Waals surface area contributed by atoms with Crippen LogP contribution in [0.25, 0.3) is 11.0 Å². The van der Waals surface area contributed by atoms with Gasteiger partial charge in [0.2, 0.25) is 0 Å². The summed E-state index contributed by atoms with van der Waals surface area (Å²) >= 11 is 2.17. The molecule has 0 saturated carbocycles. The van der Waals surface area contributed by atoms with E-state index in [9.17, 15) is 10.1 Å². The maximum atomic E-state index is 10.6. The number of imidazole rings is 1. The quantitative estimate of drug-likeness (QED) is 0.0912. The first kappa shape index (κ1) is 24.7. The molecule has 0 atom stereocenters. The molecule has 0 radical (unpaired) electrons. The number of aliphatic imine (C=N–C) groups is 1. The number of nitrogens with one attached hydrogen (secondary N) is 1. The van der Waals surface area contributed by atoms with Gasteiger partial charge in [-0.25, -0.2) is 20.1 Å². The molecule has 0 spiro atoms. The van der Waals surface area contributed by atoms with Gasteiger partial charge in [0.25, 0.3) is 5.96 Å². The highest BCUT2D eigenvalue weighted by molar-refractivity contribution is 14.1. The normalized spacial score (nSPS) is 11.8. The predicted octanol–water partition coefficient (Wildman–Crippen LogP) is 3.47. The second kappa shape index (κ2) is 11.8. The van der Waals surface area contributed by atoms with Crippen molar-refractivity contribution in [1.82, 2.24) is 19.9 Å². The average Bonchev–Trinajstić information content (AvgIpc) is 3.11. The topological polar surface area (TPSA) is 124 Å². The van der Waals surface area contributed by atoms with Crippen molar-refractivity contribution in [2.45, 2.75) is 26.8 Å². The molecule has 11 heteroatoms. The van der Waals surface area contributed by atoms with Gasteiger partial charge in [-0.05, 0) is 71.6 Å². The second-order valence-electron chi connectivity index (χ2n) is 7.32. The van der Waals surface area contributed by atoms with Crippen LogP contribution in [0.15, 0.2) is 47.5 Å². The Morgan fingerprint density at radius 2 is 2.00 bits per heavy atom. The van der Waals surface area contributed by atoms with Crippen LogP contribution in [0.4, 0.5) is 5.69 Å². The Bertz CT molecular complexity index is 1110. The Morgan fingerprint density at radius 3 is 2.64 bits per heavy atom. The summed E-state index contributed by atoms with van der Waals surface area (Å²) in [5, 5.41) is 9.83. The van der Waals surface area contributed by atoms with E-state index in [1.54, 1.807) is 12.1 Å². The first-order chi connectivity index (χ1) is 15.9. The van der Waals surface area contributed by atoms with E-state index in [0.717, 1.165) is 54.3 Å². The summed E-state index contributed by atoms with van der Waals surface area (Å²) in [7, 11) is 0. The van der Waals surface area contributed by atoms with Crippen molar-refractivity contribution in [2.75, 3.05) is 24.2 Å². The summed E-state index contributed by atoms with van der Waals surface area (Å²) in [4.78, 5) is 21.9. The number of alkyl halides is 1. The molecule has 33 heavy (non-hydrogen) atoms. The molecule has 3 aromatic rings. The van der Waals surface area contributed by atoms with Crippen LogP contribution in [0.3, 0.4) is 0 Å². The minimum Gasteiger partial charge on any atom is -0.483 e. The molecule has 0 amide bonds. The molecule has 0 bridgehead atoms. The van der Waals surface area contributed by atoms with E-state index in [1.807, 2.05) is 23.6 Å². The van der Waals surface area contributed by atoms with Gasteiger partial charge < -0.3 is 19.9 Å². The second-order valence-corrected chi connectivity index (χ2v) is 7.94. The number of fused-ring (bicyclic) bond motifs is 1. The summed E-state index contributed by atoms with van der Waals surface area (Å²) in [6, 6.07) is 13.5. The van der Waals surface area contributed by atoms with Gasteiger partial charge in [0.1, 0.15) is 16.2 Å². The lowest BCUT2D eigenvalue weighted by Crippen LogP contribution is -2.35. The molecule has 0 aliphatic heterocycles. The van der Waals surface area contributed by atoms with Crippen LogP contribution in [-0.4, -0.2) is 49.7 Å². The van der Waals surface area contributed by atoms with Crippen LogP contribution in [0.2, 0.25) is 0 Å². The summed E-state index contributed by atoms with van der Waals surface area (Å²) in [6.45, 7) is 7.99. The van der Waals surface area contributed by atoms with Gasteiger partial charge in [-0.3, -0.25) is 0 Å². The number of nitrogens with zero attached hydrogens (tertiary/aromatic N) is 5. The minimum absolute atomic E-state index is 0.283. The number of hydrogen-bond acceptors (Lipinski definition) is 6. The number of hydrazine groups is 1. The Hall–Kier alpha value is -2.93. The fourth-order valence-electron chi connectivity index (χ4n) is 3.61. The van der Waals surface area contributed by atoms with Crippen molar-refractivity contribution in [1.29, 1.82) is 0 Å². The third kappa shape index (κ3) is 6.78. The van der Waals surface area contributed by atoms with Gasteiger partial charge in [0.05, 0.1) is 16.7 Å². The highest BCUT2D eigenvalue weighted by Gasteiger charge is 2.14. The zero-order chi connectivity index (χ0) is 23.8. The average molecular weight is 565 g/mol. The van der Waals surface area contributed by atoms with E-state index in [4.69, 9.17) is 15.5 Å². The maximum Gasteiger partial charge on any atom is 0.256 e. The highest BCUT2D eigenvalue weighted by Crippen LogP contribution is 2.24. The number of rotatable bonds is 11.